The number of rotatable bonds is 4. The third kappa shape index (κ3) is 3.08. The van der Waals surface area contributed by atoms with Gasteiger partial charge in [-0.25, -0.2) is 4.98 Å². The van der Waals surface area contributed by atoms with E-state index in [4.69, 9.17) is 5.73 Å². The number of aromatic nitrogens is 4. The lowest BCUT2D eigenvalue weighted by Gasteiger charge is -2.49. The molecule has 7 nitrogen and oxygen atoms in total. The summed E-state index contributed by atoms with van der Waals surface area (Å²) in [6.07, 6.45) is 6.18. The summed E-state index contributed by atoms with van der Waals surface area (Å²) in [5, 5.41) is 10.8. The second-order valence-corrected chi connectivity index (χ2v) is 9.14. The number of benzene rings is 1. The van der Waals surface area contributed by atoms with Crippen molar-refractivity contribution in [3.8, 4) is 22.4 Å². The lowest BCUT2D eigenvalue weighted by atomic mass is 9.63. The Balaban J connectivity index is 1.72. The van der Waals surface area contributed by atoms with Gasteiger partial charge in [-0.15, -0.1) is 0 Å². The first-order valence-electron chi connectivity index (χ1n) is 10.8. The maximum atomic E-state index is 13.3. The van der Waals surface area contributed by atoms with Crippen LogP contribution in [0.3, 0.4) is 0 Å². The van der Waals surface area contributed by atoms with E-state index in [1.807, 2.05) is 61.9 Å². The molecule has 0 atom stereocenters. The summed E-state index contributed by atoms with van der Waals surface area (Å²) in [5.41, 5.74) is 10.5. The van der Waals surface area contributed by atoms with Crippen LogP contribution in [0.4, 0.5) is 0 Å². The van der Waals surface area contributed by atoms with Crippen molar-refractivity contribution in [2.24, 2.45) is 12.8 Å². The van der Waals surface area contributed by atoms with Gasteiger partial charge in [0.15, 0.2) is 0 Å². The number of aryl methyl sites for hydroxylation is 2. The van der Waals surface area contributed by atoms with Crippen molar-refractivity contribution in [2.75, 3.05) is 0 Å². The van der Waals surface area contributed by atoms with Gasteiger partial charge < -0.3 is 15.4 Å². The highest BCUT2D eigenvalue weighted by Gasteiger charge is 2.49. The van der Waals surface area contributed by atoms with Crippen molar-refractivity contribution in [3.63, 3.8) is 0 Å². The molecule has 0 saturated heterocycles. The second-order valence-electron chi connectivity index (χ2n) is 9.14. The van der Waals surface area contributed by atoms with E-state index in [-0.39, 0.29) is 5.56 Å². The normalized spacial score (nSPS) is 22.8. The minimum Gasteiger partial charge on any atom is -0.390 e. The molecule has 5 rings (SSSR count). The summed E-state index contributed by atoms with van der Waals surface area (Å²) in [6.45, 7) is 4.30. The molecule has 0 bridgehead atoms. The van der Waals surface area contributed by atoms with E-state index >= 15 is 0 Å². The molecule has 1 aliphatic carbocycles. The molecule has 1 saturated carbocycles. The molecule has 32 heavy (non-hydrogen) atoms. The van der Waals surface area contributed by atoms with E-state index in [2.05, 4.69) is 9.97 Å². The van der Waals surface area contributed by atoms with E-state index < -0.39 is 11.1 Å². The molecule has 0 amide bonds. The van der Waals surface area contributed by atoms with Crippen LogP contribution in [0.25, 0.3) is 33.4 Å². The zero-order chi connectivity index (χ0) is 22.7. The van der Waals surface area contributed by atoms with Crippen LogP contribution in [0.1, 0.15) is 32.3 Å². The molecule has 164 valence electrons. The molecule has 3 heterocycles. The van der Waals surface area contributed by atoms with E-state index in [1.54, 1.807) is 23.3 Å². The second kappa shape index (κ2) is 7.12. The molecule has 1 aromatic carbocycles. The maximum absolute atomic E-state index is 13.3. The number of hydrogen-bond donors (Lipinski definition) is 2. The van der Waals surface area contributed by atoms with Gasteiger partial charge in [0.05, 0.1) is 23.0 Å². The SMILES string of the molecule is CCn1cnc2c(c(-c3cccnc3)c(-c3ccc([C@]4(N)C[C@](C)(O)C4)cc3)n2C)c1=O. The highest BCUT2D eigenvalue weighted by molar-refractivity contribution is 6.02. The summed E-state index contributed by atoms with van der Waals surface area (Å²) < 4.78 is 3.59. The van der Waals surface area contributed by atoms with Crippen molar-refractivity contribution in [1.82, 2.24) is 19.1 Å². The van der Waals surface area contributed by atoms with Gasteiger partial charge >= 0.3 is 0 Å². The summed E-state index contributed by atoms with van der Waals surface area (Å²) in [5.74, 6) is 0. The standard InChI is InChI=1S/C25H27N5O2/c1-4-30-15-28-22-20(23(30)31)19(17-6-5-11-27-12-17)21(29(22)3)16-7-9-18(10-8-16)25(26)13-24(2,32)14-25/h5-12,15,32H,4,13-14,26H2,1-3H3/t24-,25-. The van der Waals surface area contributed by atoms with Crippen molar-refractivity contribution in [2.45, 2.75) is 44.4 Å². The quantitative estimate of drug-likeness (QED) is 0.519. The molecule has 3 N–H and O–H groups in total. The van der Waals surface area contributed by atoms with Gasteiger partial charge in [0.2, 0.25) is 0 Å². The number of aliphatic hydroxyl groups is 1. The Morgan fingerprint density at radius 1 is 1.16 bits per heavy atom. The summed E-state index contributed by atoms with van der Waals surface area (Å²) in [6, 6.07) is 11.9. The van der Waals surface area contributed by atoms with Crippen LogP contribution in [0.15, 0.2) is 59.9 Å². The fraction of sp³-hybridized carbons (Fsp3) is 0.320. The van der Waals surface area contributed by atoms with Gasteiger partial charge in [0.1, 0.15) is 5.65 Å². The average Bonchev–Trinajstić information content (AvgIpc) is 3.06. The van der Waals surface area contributed by atoms with Gasteiger partial charge in [-0.3, -0.25) is 14.3 Å². The van der Waals surface area contributed by atoms with Gasteiger partial charge in [0.25, 0.3) is 5.56 Å². The van der Waals surface area contributed by atoms with E-state index in [0.717, 1.165) is 27.9 Å². The zero-order valence-electron chi connectivity index (χ0n) is 18.5. The predicted molar refractivity (Wildman–Crippen MR) is 125 cm³/mol. The average molecular weight is 430 g/mol. The first-order chi connectivity index (χ1) is 15.2. The van der Waals surface area contributed by atoms with Gasteiger partial charge in [0, 0.05) is 42.7 Å². The smallest absolute Gasteiger partial charge is 0.263 e. The van der Waals surface area contributed by atoms with Gasteiger partial charge in [-0.1, -0.05) is 30.3 Å². The first-order valence-corrected chi connectivity index (χ1v) is 10.8. The molecule has 0 radical (unpaired) electrons. The van der Waals surface area contributed by atoms with E-state index in [9.17, 15) is 9.90 Å². The predicted octanol–water partition coefficient (Wildman–Crippen LogP) is 3.18. The van der Waals surface area contributed by atoms with Crippen LogP contribution in [-0.4, -0.2) is 29.8 Å². The Labute approximate surface area is 186 Å². The largest absolute Gasteiger partial charge is 0.390 e. The van der Waals surface area contributed by atoms with Crippen LogP contribution >= 0.6 is 0 Å². The lowest BCUT2D eigenvalue weighted by Crippen LogP contribution is -2.58. The molecule has 1 aliphatic rings. The first kappa shape index (κ1) is 20.6. The number of hydrogen-bond acceptors (Lipinski definition) is 5. The van der Waals surface area contributed by atoms with Crippen LogP contribution < -0.4 is 11.3 Å². The van der Waals surface area contributed by atoms with Crippen molar-refractivity contribution < 1.29 is 5.11 Å². The van der Waals surface area contributed by atoms with Crippen LogP contribution in [-0.2, 0) is 19.1 Å². The number of nitrogens with zero attached hydrogens (tertiary/aromatic N) is 4. The lowest BCUT2D eigenvalue weighted by molar-refractivity contribution is -0.0738. The Morgan fingerprint density at radius 2 is 1.88 bits per heavy atom. The van der Waals surface area contributed by atoms with Crippen LogP contribution in [0, 0.1) is 0 Å². The minimum atomic E-state index is -0.707. The summed E-state index contributed by atoms with van der Waals surface area (Å²) >= 11 is 0. The Kier molecular flexibility index (Phi) is 4.58. The molecular formula is C25H27N5O2. The fourth-order valence-corrected chi connectivity index (χ4v) is 5.17. The molecule has 1 fully saturated rings. The number of nitrogens with two attached hydrogens (primary N) is 1. The fourth-order valence-electron chi connectivity index (χ4n) is 5.17. The molecule has 0 aliphatic heterocycles. The van der Waals surface area contributed by atoms with E-state index in [0.29, 0.717) is 30.4 Å². The maximum Gasteiger partial charge on any atom is 0.263 e. The molecule has 4 aromatic rings. The van der Waals surface area contributed by atoms with E-state index in [1.165, 1.54) is 0 Å². The van der Waals surface area contributed by atoms with Crippen LogP contribution in [0.2, 0.25) is 0 Å². The highest BCUT2D eigenvalue weighted by atomic mass is 16.3. The molecular weight excluding hydrogens is 402 g/mol. The van der Waals surface area contributed by atoms with Crippen molar-refractivity contribution >= 4 is 11.0 Å². The third-order valence-corrected chi connectivity index (χ3v) is 6.57. The molecule has 0 unspecified atom stereocenters. The molecule has 3 aromatic heterocycles. The monoisotopic (exact) mass is 429 g/mol. The Bertz CT molecular complexity index is 1360. The van der Waals surface area contributed by atoms with Crippen molar-refractivity contribution in [1.29, 1.82) is 0 Å². The summed E-state index contributed by atoms with van der Waals surface area (Å²) in [7, 11) is 1.93. The third-order valence-electron chi connectivity index (χ3n) is 6.57. The molecule has 0 spiro atoms. The van der Waals surface area contributed by atoms with Crippen molar-refractivity contribution in [3.05, 3.63) is 71.0 Å². The minimum absolute atomic E-state index is 0.0626. The number of pyridine rings is 1. The molecule has 7 heteroatoms. The topological polar surface area (TPSA) is 99.0 Å². The Morgan fingerprint density at radius 3 is 2.47 bits per heavy atom. The highest BCUT2D eigenvalue weighted by Crippen LogP contribution is 2.46. The van der Waals surface area contributed by atoms with Gasteiger partial charge in [-0.05, 0) is 43.9 Å². The summed E-state index contributed by atoms with van der Waals surface area (Å²) in [4.78, 5) is 22.2. The zero-order valence-corrected chi connectivity index (χ0v) is 18.5. The van der Waals surface area contributed by atoms with Gasteiger partial charge in [-0.2, -0.15) is 0 Å². The number of fused-ring (bicyclic) bond motifs is 1. The Hall–Kier alpha value is -3.29. The van der Waals surface area contributed by atoms with Crippen LogP contribution in [0.5, 0.6) is 0 Å².